The van der Waals surface area contributed by atoms with Crippen LogP contribution in [0.15, 0.2) is 60.8 Å². The van der Waals surface area contributed by atoms with Crippen LogP contribution in [0.1, 0.15) is 11.3 Å². The highest BCUT2D eigenvalue weighted by atomic mass is 14.9. The summed E-state index contributed by atoms with van der Waals surface area (Å²) >= 11 is 0. The molecule has 0 amide bonds. The highest BCUT2D eigenvalue weighted by Gasteiger charge is 1.89. The van der Waals surface area contributed by atoms with Crippen LogP contribution in [0.4, 0.5) is 0 Å². The van der Waals surface area contributed by atoms with E-state index in [1.165, 1.54) is 5.56 Å². The fourth-order valence-electron chi connectivity index (χ4n) is 1.55. The molecule has 2 rings (SSSR count). The molecule has 1 aromatic heterocycles. The summed E-state index contributed by atoms with van der Waals surface area (Å²) in [6.07, 6.45) is 6.06. The molecule has 1 N–H and O–H groups in total. The highest BCUT2D eigenvalue weighted by molar-refractivity contribution is 5.48. The highest BCUT2D eigenvalue weighted by Crippen LogP contribution is 2.00. The van der Waals surface area contributed by atoms with E-state index >= 15 is 0 Å². The van der Waals surface area contributed by atoms with Gasteiger partial charge in [-0.25, -0.2) is 0 Å². The van der Waals surface area contributed by atoms with Crippen LogP contribution in [-0.2, 0) is 6.54 Å². The van der Waals surface area contributed by atoms with Crippen LogP contribution in [-0.4, -0.2) is 11.5 Å². The zero-order valence-electron chi connectivity index (χ0n) is 9.71. The molecule has 2 aromatic rings. The molecule has 0 aliphatic rings. The quantitative estimate of drug-likeness (QED) is 0.790. The third kappa shape index (κ3) is 4.21. The van der Waals surface area contributed by atoms with Gasteiger partial charge in [0.05, 0.1) is 5.69 Å². The Morgan fingerprint density at radius 2 is 1.82 bits per heavy atom. The number of benzene rings is 1. The lowest BCUT2D eigenvalue weighted by Crippen LogP contribution is -2.13. The summed E-state index contributed by atoms with van der Waals surface area (Å²) in [5.74, 6) is 0. The first-order valence-corrected chi connectivity index (χ1v) is 5.77. The van der Waals surface area contributed by atoms with Crippen molar-refractivity contribution in [2.24, 2.45) is 0 Å². The van der Waals surface area contributed by atoms with Crippen LogP contribution in [0.25, 0.3) is 6.08 Å². The van der Waals surface area contributed by atoms with Crippen LogP contribution in [0.2, 0.25) is 0 Å². The molecule has 2 heteroatoms. The summed E-state index contributed by atoms with van der Waals surface area (Å²) in [6.45, 7) is 1.66. The van der Waals surface area contributed by atoms with Crippen molar-refractivity contribution in [2.75, 3.05) is 6.54 Å². The minimum absolute atomic E-state index is 0.806. The Hall–Kier alpha value is -1.93. The van der Waals surface area contributed by atoms with Gasteiger partial charge < -0.3 is 5.32 Å². The van der Waals surface area contributed by atoms with Crippen molar-refractivity contribution in [3.63, 3.8) is 0 Å². The van der Waals surface area contributed by atoms with Crippen LogP contribution in [0, 0.1) is 0 Å². The topological polar surface area (TPSA) is 24.9 Å². The number of rotatable bonds is 5. The Morgan fingerprint density at radius 1 is 1.00 bits per heavy atom. The van der Waals surface area contributed by atoms with E-state index in [4.69, 9.17) is 0 Å². The van der Waals surface area contributed by atoms with Gasteiger partial charge in [-0.3, -0.25) is 4.98 Å². The SMILES string of the molecule is C(=Cc1ccccc1)CNCc1ccccn1. The lowest BCUT2D eigenvalue weighted by molar-refractivity contribution is 0.741. The normalized spacial score (nSPS) is 10.8. The van der Waals surface area contributed by atoms with E-state index in [0.717, 1.165) is 18.8 Å². The van der Waals surface area contributed by atoms with Crippen molar-refractivity contribution in [1.82, 2.24) is 10.3 Å². The van der Waals surface area contributed by atoms with E-state index in [1.54, 1.807) is 0 Å². The number of hydrogen-bond donors (Lipinski definition) is 1. The molecule has 0 saturated carbocycles. The molecule has 86 valence electrons. The summed E-state index contributed by atoms with van der Waals surface area (Å²) in [5.41, 5.74) is 2.30. The number of hydrogen-bond acceptors (Lipinski definition) is 2. The maximum atomic E-state index is 4.25. The molecule has 0 atom stereocenters. The first-order valence-electron chi connectivity index (χ1n) is 5.77. The summed E-state index contributed by atoms with van der Waals surface area (Å²) < 4.78 is 0. The van der Waals surface area contributed by atoms with Gasteiger partial charge in [-0.1, -0.05) is 48.6 Å². The monoisotopic (exact) mass is 224 g/mol. The Bertz CT molecular complexity index is 449. The molecule has 0 aliphatic carbocycles. The van der Waals surface area contributed by atoms with Crippen LogP contribution in [0.5, 0.6) is 0 Å². The smallest absolute Gasteiger partial charge is 0.0541 e. The lowest BCUT2D eigenvalue weighted by Gasteiger charge is -2.00. The van der Waals surface area contributed by atoms with Crippen molar-refractivity contribution in [3.8, 4) is 0 Å². The van der Waals surface area contributed by atoms with Gasteiger partial charge in [0.2, 0.25) is 0 Å². The van der Waals surface area contributed by atoms with Gasteiger partial charge in [0.1, 0.15) is 0 Å². The van der Waals surface area contributed by atoms with Gasteiger partial charge in [-0.15, -0.1) is 0 Å². The maximum Gasteiger partial charge on any atom is 0.0541 e. The fraction of sp³-hybridized carbons (Fsp3) is 0.133. The van der Waals surface area contributed by atoms with E-state index in [1.807, 2.05) is 42.6 Å². The Balaban J connectivity index is 1.72. The molecule has 0 radical (unpaired) electrons. The van der Waals surface area contributed by atoms with Gasteiger partial charge in [0.15, 0.2) is 0 Å². The molecule has 0 aliphatic heterocycles. The molecule has 17 heavy (non-hydrogen) atoms. The third-order valence-corrected chi connectivity index (χ3v) is 2.40. The first kappa shape index (κ1) is 11.6. The van der Waals surface area contributed by atoms with Crippen molar-refractivity contribution in [3.05, 3.63) is 72.1 Å². The number of pyridine rings is 1. The van der Waals surface area contributed by atoms with E-state index in [0.29, 0.717) is 0 Å². The average molecular weight is 224 g/mol. The molecule has 1 aromatic carbocycles. The first-order chi connectivity index (χ1) is 8.45. The zero-order valence-corrected chi connectivity index (χ0v) is 9.71. The van der Waals surface area contributed by atoms with Crippen LogP contribution >= 0.6 is 0 Å². The molecular weight excluding hydrogens is 208 g/mol. The summed E-state index contributed by atoms with van der Waals surface area (Å²) in [5, 5.41) is 3.32. The molecule has 0 spiro atoms. The van der Waals surface area contributed by atoms with E-state index in [9.17, 15) is 0 Å². The molecule has 0 fully saturated rings. The summed E-state index contributed by atoms with van der Waals surface area (Å²) in [7, 11) is 0. The Labute approximate surface area is 102 Å². The molecule has 2 nitrogen and oxygen atoms in total. The maximum absolute atomic E-state index is 4.25. The third-order valence-electron chi connectivity index (χ3n) is 2.40. The van der Waals surface area contributed by atoms with E-state index in [-0.39, 0.29) is 0 Å². The molecule has 0 unspecified atom stereocenters. The number of aromatic nitrogens is 1. The van der Waals surface area contributed by atoms with Gasteiger partial charge in [-0.2, -0.15) is 0 Å². The molecule has 1 heterocycles. The number of nitrogens with zero attached hydrogens (tertiary/aromatic N) is 1. The van der Waals surface area contributed by atoms with E-state index < -0.39 is 0 Å². The van der Waals surface area contributed by atoms with Crippen molar-refractivity contribution >= 4 is 6.08 Å². The Morgan fingerprint density at radius 3 is 2.59 bits per heavy atom. The van der Waals surface area contributed by atoms with Crippen molar-refractivity contribution in [2.45, 2.75) is 6.54 Å². The molecule has 0 saturated heterocycles. The van der Waals surface area contributed by atoms with Crippen LogP contribution < -0.4 is 5.32 Å². The van der Waals surface area contributed by atoms with Gasteiger partial charge >= 0.3 is 0 Å². The van der Waals surface area contributed by atoms with Gasteiger partial charge in [0.25, 0.3) is 0 Å². The predicted molar refractivity (Wildman–Crippen MR) is 71.4 cm³/mol. The minimum Gasteiger partial charge on any atom is -0.308 e. The molecular formula is C15H16N2. The minimum atomic E-state index is 0.806. The predicted octanol–water partition coefficient (Wildman–Crippen LogP) is 2.88. The second-order valence-electron chi connectivity index (χ2n) is 3.77. The lowest BCUT2D eigenvalue weighted by atomic mass is 10.2. The van der Waals surface area contributed by atoms with Gasteiger partial charge in [-0.05, 0) is 17.7 Å². The number of nitrogens with one attached hydrogen (secondary N) is 1. The Kier molecular flexibility index (Phi) is 4.49. The average Bonchev–Trinajstić information content (AvgIpc) is 2.41. The summed E-state index contributed by atoms with van der Waals surface area (Å²) in [4.78, 5) is 4.25. The summed E-state index contributed by atoms with van der Waals surface area (Å²) in [6, 6.07) is 16.2. The second kappa shape index (κ2) is 6.61. The fourth-order valence-corrected chi connectivity index (χ4v) is 1.55. The second-order valence-corrected chi connectivity index (χ2v) is 3.77. The zero-order chi connectivity index (χ0) is 11.8. The van der Waals surface area contributed by atoms with Crippen molar-refractivity contribution < 1.29 is 0 Å². The standard InChI is InChI=1S/C15H16N2/c1-2-7-14(8-3-1)9-6-11-16-13-15-10-4-5-12-17-15/h1-10,12,16H,11,13H2. The van der Waals surface area contributed by atoms with Gasteiger partial charge in [0, 0.05) is 19.3 Å². The van der Waals surface area contributed by atoms with Crippen molar-refractivity contribution in [1.29, 1.82) is 0 Å². The van der Waals surface area contributed by atoms with Crippen LogP contribution in [0.3, 0.4) is 0 Å². The largest absolute Gasteiger partial charge is 0.308 e. The molecule has 0 bridgehead atoms. The van der Waals surface area contributed by atoms with E-state index in [2.05, 4.69) is 34.6 Å².